The Morgan fingerprint density at radius 1 is 1.33 bits per heavy atom. The first-order valence-electron chi connectivity index (χ1n) is 5.45. The number of fused-ring (bicyclic) bond motifs is 5. The Morgan fingerprint density at radius 3 is 2.67 bits per heavy atom. The van der Waals surface area contributed by atoms with Gasteiger partial charge >= 0.3 is 0 Å². The fraction of sp³-hybridized carbons (Fsp3) is 0.500. The zero-order chi connectivity index (χ0) is 10.6. The van der Waals surface area contributed by atoms with Crippen molar-refractivity contribution >= 4 is 5.78 Å². The van der Waals surface area contributed by atoms with Crippen LogP contribution in [0.15, 0.2) is 11.0 Å². The topological polar surface area (TPSA) is 49.9 Å². The summed E-state index contributed by atoms with van der Waals surface area (Å²) in [7, 11) is 0. The van der Waals surface area contributed by atoms with Gasteiger partial charge in [0.15, 0.2) is 5.78 Å². The molecule has 2 aliphatic carbocycles. The lowest BCUT2D eigenvalue weighted by molar-refractivity contribution is 0.101. The number of hydrogen-bond donors (Lipinski definition) is 1. The van der Waals surface area contributed by atoms with Crippen molar-refractivity contribution in [1.29, 1.82) is 0 Å². The highest BCUT2D eigenvalue weighted by atomic mass is 16.1. The predicted octanol–water partition coefficient (Wildman–Crippen LogP) is 1.94. The van der Waals surface area contributed by atoms with Gasteiger partial charge in [0.1, 0.15) is 0 Å². The number of aromatic nitrogens is 1. The number of H-pyrrole nitrogens is 1. The van der Waals surface area contributed by atoms with Gasteiger partial charge < -0.3 is 4.98 Å². The second-order valence-electron chi connectivity index (χ2n) is 4.62. The summed E-state index contributed by atoms with van der Waals surface area (Å²) in [6.07, 6.45) is 4.91. The van der Waals surface area contributed by atoms with Crippen LogP contribution in [0.25, 0.3) is 0 Å². The number of carbonyl (C=O) groups is 1. The second-order valence-corrected chi connectivity index (χ2v) is 4.62. The molecule has 0 aliphatic heterocycles. The third-order valence-electron chi connectivity index (χ3n) is 3.80. The van der Waals surface area contributed by atoms with E-state index < -0.39 is 0 Å². The SMILES string of the molecule is CC(=O)c1c[nH]c(=O)c2c1C1CCC2C1. The number of ketones is 1. The highest BCUT2D eigenvalue weighted by Crippen LogP contribution is 2.52. The minimum Gasteiger partial charge on any atom is -0.328 e. The molecule has 3 heteroatoms. The van der Waals surface area contributed by atoms with Crippen LogP contribution in [0.4, 0.5) is 0 Å². The van der Waals surface area contributed by atoms with Gasteiger partial charge in [0, 0.05) is 17.3 Å². The highest BCUT2D eigenvalue weighted by Gasteiger charge is 2.40. The smallest absolute Gasteiger partial charge is 0.251 e. The molecule has 0 aromatic carbocycles. The molecular formula is C12H13NO2. The molecule has 2 unspecified atom stereocenters. The van der Waals surface area contributed by atoms with Gasteiger partial charge in [0.25, 0.3) is 5.56 Å². The normalized spacial score (nSPS) is 26.7. The summed E-state index contributed by atoms with van der Waals surface area (Å²) in [5.41, 5.74) is 2.71. The third-order valence-corrected chi connectivity index (χ3v) is 3.80. The van der Waals surface area contributed by atoms with Crippen molar-refractivity contribution in [2.75, 3.05) is 0 Å². The van der Waals surface area contributed by atoms with Gasteiger partial charge in [-0.15, -0.1) is 0 Å². The second kappa shape index (κ2) is 2.81. The molecular weight excluding hydrogens is 190 g/mol. The monoisotopic (exact) mass is 203 g/mol. The number of pyridine rings is 1. The van der Waals surface area contributed by atoms with Crippen LogP contribution in [0, 0.1) is 0 Å². The molecule has 1 N–H and O–H groups in total. The molecule has 1 heterocycles. The number of nitrogens with one attached hydrogen (secondary N) is 1. The van der Waals surface area contributed by atoms with E-state index in [-0.39, 0.29) is 11.3 Å². The molecule has 1 aromatic rings. The Kier molecular flexibility index (Phi) is 1.67. The van der Waals surface area contributed by atoms with Crippen LogP contribution in [-0.2, 0) is 0 Å². The minimum absolute atomic E-state index is 0.0159. The van der Waals surface area contributed by atoms with Crippen LogP contribution in [0.1, 0.15) is 59.5 Å². The minimum atomic E-state index is 0.0159. The molecule has 0 spiro atoms. The number of aromatic amines is 1. The van der Waals surface area contributed by atoms with E-state index in [0.29, 0.717) is 11.8 Å². The number of rotatable bonds is 1. The largest absolute Gasteiger partial charge is 0.328 e. The van der Waals surface area contributed by atoms with Crippen molar-refractivity contribution in [1.82, 2.24) is 4.98 Å². The zero-order valence-electron chi connectivity index (χ0n) is 8.67. The Balaban J connectivity index is 2.32. The van der Waals surface area contributed by atoms with Crippen molar-refractivity contribution in [2.45, 2.75) is 38.0 Å². The first-order valence-corrected chi connectivity index (χ1v) is 5.45. The molecule has 78 valence electrons. The van der Waals surface area contributed by atoms with E-state index >= 15 is 0 Å². The number of Topliss-reactive ketones (excluding diaryl/α,β-unsaturated/α-hetero) is 1. The standard InChI is InChI=1S/C12H13NO2/c1-6(14)9-5-13-12(15)11-8-3-2-7(4-8)10(9)11/h5,7-8H,2-4H2,1H3,(H,13,15). The van der Waals surface area contributed by atoms with E-state index in [9.17, 15) is 9.59 Å². The van der Waals surface area contributed by atoms with Crippen molar-refractivity contribution in [3.8, 4) is 0 Å². The summed E-state index contributed by atoms with van der Waals surface area (Å²) >= 11 is 0. The van der Waals surface area contributed by atoms with Gasteiger partial charge in [-0.05, 0) is 43.6 Å². The summed E-state index contributed by atoms with van der Waals surface area (Å²) in [6, 6.07) is 0. The maximum atomic E-state index is 11.7. The highest BCUT2D eigenvalue weighted by molar-refractivity contribution is 5.96. The summed E-state index contributed by atoms with van der Waals surface area (Å²) in [5, 5.41) is 0. The van der Waals surface area contributed by atoms with E-state index in [4.69, 9.17) is 0 Å². The Labute approximate surface area is 87.5 Å². The van der Waals surface area contributed by atoms with E-state index in [2.05, 4.69) is 4.98 Å². The average molecular weight is 203 g/mol. The summed E-state index contributed by atoms with van der Waals surface area (Å²) in [5.74, 6) is 0.939. The van der Waals surface area contributed by atoms with Crippen molar-refractivity contribution in [3.05, 3.63) is 33.2 Å². The molecule has 0 radical (unpaired) electrons. The van der Waals surface area contributed by atoms with Crippen molar-refractivity contribution in [2.24, 2.45) is 0 Å². The molecule has 0 saturated heterocycles. The van der Waals surface area contributed by atoms with Gasteiger partial charge in [-0.2, -0.15) is 0 Å². The number of carbonyl (C=O) groups excluding carboxylic acids is 1. The van der Waals surface area contributed by atoms with Gasteiger partial charge in [0.05, 0.1) is 0 Å². The molecule has 0 amide bonds. The van der Waals surface area contributed by atoms with Gasteiger partial charge in [0.2, 0.25) is 0 Å². The Hall–Kier alpha value is -1.38. The third kappa shape index (κ3) is 1.06. The quantitative estimate of drug-likeness (QED) is 0.709. The molecule has 2 bridgehead atoms. The first kappa shape index (κ1) is 8.89. The van der Waals surface area contributed by atoms with Crippen molar-refractivity contribution < 1.29 is 4.79 Å². The van der Waals surface area contributed by atoms with Crippen molar-refractivity contribution in [3.63, 3.8) is 0 Å². The maximum absolute atomic E-state index is 11.7. The fourth-order valence-electron chi connectivity index (χ4n) is 3.20. The van der Waals surface area contributed by atoms with E-state index in [1.807, 2.05) is 0 Å². The van der Waals surface area contributed by atoms with Crippen LogP contribution in [0.5, 0.6) is 0 Å². The lowest BCUT2D eigenvalue weighted by Gasteiger charge is -2.16. The Bertz CT molecular complexity index is 501. The zero-order valence-corrected chi connectivity index (χ0v) is 8.67. The van der Waals surface area contributed by atoms with E-state index in [1.54, 1.807) is 13.1 Å². The lowest BCUT2D eigenvalue weighted by Crippen LogP contribution is -2.19. The van der Waals surface area contributed by atoms with Crippen LogP contribution in [0.2, 0.25) is 0 Å². The lowest BCUT2D eigenvalue weighted by atomic mass is 9.89. The van der Waals surface area contributed by atoms with E-state index in [1.165, 1.54) is 0 Å². The van der Waals surface area contributed by atoms with Gasteiger partial charge in [-0.1, -0.05) is 0 Å². The van der Waals surface area contributed by atoms with Crippen LogP contribution in [-0.4, -0.2) is 10.8 Å². The van der Waals surface area contributed by atoms with Crippen LogP contribution < -0.4 is 5.56 Å². The predicted molar refractivity (Wildman–Crippen MR) is 56.4 cm³/mol. The maximum Gasteiger partial charge on any atom is 0.251 e. The fourth-order valence-corrected chi connectivity index (χ4v) is 3.20. The van der Waals surface area contributed by atoms with E-state index in [0.717, 1.165) is 36.0 Å². The van der Waals surface area contributed by atoms with Gasteiger partial charge in [-0.25, -0.2) is 0 Å². The molecule has 1 aromatic heterocycles. The molecule has 3 nitrogen and oxygen atoms in total. The van der Waals surface area contributed by atoms with Crippen LogP contribution >= 0.6 is 0 Å². The molecule has 15 heavy (non-hydrogen) atoms. The van der Waals surface area contributed by atoms with Gasteiger partial charge in [-0.3, -0.25) is 9.59 Å². The molecule has 1 fully saturated rings. The molecule has 2 aliphatic rings. The molecule has 1 saturated carbocycles. The first-order chi connectivity index (χ1) is 7.18. The average Bonchev–Trinajstić information content (AvgIpc) is 2.78. The summed E-state index contributed by atoms with van der Waals surface area (Å²) < 4.78 is 0. The van der Waals surface area contributed by atoms with Crippen LogP contribution in [0.3, 0.4) is 0 Å². The molecule has 3 rings (SSSR count). The summed E-state index contributed by atoms with van der Waals surface area (Å²) in [6.45, 7) is 1.57. The summed E-state index contributed by atoms with van der Waals surface area (Å²) in [4.78, 5) is 25.9. The Morgan fingerprint density at radius 2 is 2.00 bits per heavy atom. The molecule has 2 atom stereocenters. The number of hydrogen-bond acceptors (Lipinski definition) is 2.